The van der Waals surface area contributed by atoms with Gasteiger partial charge in [0.2, 0.25) is 5.91 Å². The number of hydrogen-bond acceptors (Lipinski definition) is 3. The summed E-state index contributed by atoms with van der Waals surface area (Å²) in [6, 6.07) is 11.5. The van der Waals surface area contributed by atoms with Crippen molar-refractivity contribution in [1.29, 1.82) is 0 Å². The number of carbonyl (C=O) groups excluding carboxylic acids is 1. The smallest absolute Gasteiger partial charge is 0.248 e. The molecule has 0 fully saturated rings. The Morgan fingerprint density at radius 2 is 1.85 bits per heavy atom. The van der Waals surface area contributed by atoms with E-state index in [9.17, 15) is 4.79 Å². The molecule has 0 aromatic heterocycles. The molecular formula is C16H18N2OS. The average Bonchev–Trinajstić information content (AvgIpc) is 2.40. The van der Waals surface area contributed by atoms with Gasteiger partial charge in [0.05, 0.1) is 0 Å². The summed E-state index contributed by atoms with van der Waals surface area (Å²) >= 11 is 1.75. The number of carbonyl (C=O) groups is 1. The van der Waals surface area contributed by atoms with Crippen LogP contribution in [0, 0.1) is 13.8 Å². The van der Waals surface area contributed by atoms with E-state index < -0.39 is 0 Å². The molecule has 104 valence electrons. The van der Waals surface area contributed by atoms with E-state index in [-0.39, 0.29) is 5.91 Å². The number of nitrogens with two attached hydrogens (primary N) is 2. The lowest BCUT2D eigenvalue weighted by atomic mass is 10.1. The van der Waals surface area contributed by atoms with Crippen LogP contribution in [0.4, 0.5) is 5.69 Å². The van der Waals surface area contributed by atoms with Gasteiger partial charge in [0, 0.05) is 21.9 Å². The highest BCUT2D eigenvalue weighted by atomic mass is 32.2. The van der Waals surface area contributed by atoms with Crippen LogP contribution in [-0.2, 0) is 5.75 Å². The first kappa shape index (κ1) is 14.5. The van der Waals surface area contributed by atoms with Crippen molar-refractivity contribution in [2.24, 2.45) is 5.73 Å². The van der Waals surface area contributed by atoms with Crippen molar-refractivity contribution in [2.75, 3.05) is 5.73 Å². The summed E-state index contributed by atoms with van der Waals surface area (Å²) in [5.41, 5.74) is 15.9. The largest absolute Gasteiger partial charge is 0.399 e. The molecule has 2 aromatic carbocycles. The molecule has 2 rings (SSSR count). The Hall–Kier alpha value is -1.94. The summed E-state index contributed by atoms with van der Waals surface area (Å²) in [5.74, 6) is 0.453. The predicted octanol–water partition coefficient (Wildman–Crippen LogP) is 3.28. The molecule has 0 unspecified atom stereocenters. The third kappa shape index (κ3) is 3.33. The zero-order valence-corrected chi connectivity index (χ0v) is 12.5. The first-order valence-electron chi connectivity index (χ1n) is 6.35. The number of benzene rings is 2. The summed E-state index contributed by atoms with van der Waals surface area (Å²) in [6.07, 6.45) is 0. The zero-order valence-electron chi connectivity index (χ0n) is 11.6. The Kier molecular flexibility index (Phi) is 4.35. The molecule has 0 atom stereocenters. The molecule has 0 saturated carbocycles. The van der Waals surface area contributed by atoms with Gasteiger partial charge in [-0.15, -0.1) is 11.8 Å². The molecular weight excluding hydrogens is 268 g/mol. The van der Waals surface area contributed by atoms with Gasteiger partial charge in [-0.25, -0.2) is 0 Å². The number of anilines is 1. The van der Waals surface area contributed by atoms with Gasteiger partial charge in [0.15, 0.2) is 0 Å². The van der Waals surface area contributed by atoms with Crippen LogP contribution in [0.15, 0.2) is 41.3 Å². The SMILES string of the molecule is Cc1cc(C(N)=O)ccc1CSc1cc(N)ccc1C. The number of hydrogen-bond donors (Lipinski definition) is 2. The van der Waals surface area contributed by atoms with Crippen LogP contribution in [0.1, 0.15) is 27.0 Å². The highest BCUT2D eigenvalue weighted by Gasteiger charge is 2.06. The Bertz CT molecular complexity index is 653. The van der Waals surface area contributed by atoms with E-state index in [2.05, 4.69) is 6.92 Å². The molecule has 2 aromatic rings. The summed E-state index contributed by atoms with van der Waals surface area (Å²) in [5, 5.41) is 0. The molecule has 4 heteroatoms. The van der Waals surface area contributed by atoms with Crippen molar-refractivity contribution < 1.29 is 4.79 Å². The van der Waals surface area contributed by atoms with E-state index in [0.29, 0.717) is 5.56 Å². The number of rotatable bonds is 4. The number of amides is 1. The third-order valence-corrected chi connectivity index (χ3v) is 4.43. The van der Waals surface area contributed by atoms with E-state index >= 15 is 0 Å². The number of thioether (sulfide) groups is 1. The minimum absolute atomic E-state index is 0.390. The highest BCUT2D eigenvalue weighted by Crippen LogP contribution is 2.29. The van der Waals surface area contributed by atoms with E-state index in [1.54, 1.807) is 17.8 Å². The summed E-state index contributed by atoms with van der Waals surface area (Å²) in [4.78, 5) is 12.3. The Balaban J connectivity index is 2.15. The zero-order chi connectivity index (χ0) is 14.7. The lowest BCUT2D eigenvalue weighted by molar-refractivity contribution is 0.1000. The second-order valence-electron chi connectivity index (χ2n) is 4.82. The van der Waals surface area contributed by atoms with Crippen molar-refractivity contribution >= 4 is 23.4 Å². The van der Waals surface area contributed by atoms with Crippen molar-refractivity contribution in [3.05, 3.63) is 58.7 Å². The molecule has 0 aliphatic carbocycles. The van der Waals surface area contributed by atoms with Crippen LogP contribution in [-0.4, -0.2) is 5.91 Å². The summed E-state index contributed by atoms with van der Waals surface area (Å²) < 4.78 is 0. The molecule has 0 aliphatic rings. The fourth-order valence-electron chi connectivity index (χ4n) is 1.94. The van der Waals surface area contributed by atoms with Crippen LogP contribution < -0.4 is 11.5 Å². The van der Waals surface area contributed by atoms with Gasteiger partial charge in [-0.05, 0) is 54.8 Å². The van der Waals surface area contributed by atoms with Crippen molar-refractivity contribution in [3.63, 3.8) is 0 Å². The maximum atomic E-state index is 11.1. The van der Waals surface area contributed by atoms with Crippen LogP contribution >= 0.6 is 11.8 Å². The Morgan fingerprint density at radius 3 is 2.50 bits per heavy atom. The van der Waals surface area contributed by atoms with Crippen LogP contribution in [0.5, 0.6) is 0 Å². The van der Waals surface area contributed by atoms with Gasteiger partial charge >= 0.3 is 0 Å². The number of primary amides is 1. The van der Waals surface area contributed by atoms with E-state index in [0.717, 1.165) is 17.0 Å². The highest BCUT2D eigenvalue weighted by molar-refractivity contribution is 7.98. The lowest BCUT2D eigenvalue weighted by Crippen LogP contribution is -2.11. The average molecular weight is 286 g/mol. The minimum atomic E-state index is -0.390. The molecule has 0 spiro atoms. The van der Waals surface area contributed by atoms with Gasteiger partial charge < -0.3 is 11.5 Å². The molecule has 0 aliphatic heterocycles. The van der Waals surface area contributed by atoms with Crippen molar-refractivity contribution in [1.82, 2.24) is 0 Å². The number of nitrogen functional groups attached to an aromatic ring is 1. The van der Waals surface area contributed by atoms with Crippen molar-refractivity contribution in [2.45, 2.75) is 24.5 Å². The first-order chi connectivity index (χ1) is 9.47. The summed E-state index contributed by atoms with van der Waals surface area (Å²) in [7, 11) is 0. The third-order valence-electron chi connectivity index (χ3n) is 3.22. The van der Waals surface area contributed by atoms with Gasteiger partial charge in [0.1, 0.15) is 0 Å². The van der Waals surface area contributed by atoms with E-state index in [1.165, 1.54) is 16.0 Å². The molecule has 0 saturated heterocycles. The van der Waals surface area contributed by atoms with Gasteiger partial charge in [-0.1, -0.05) is 12.1 Å². The molecule has 3 nitrogen and oxygen atoms in total. The molecule has 4 N–H and O–H groups in total. The van der Waals surface area contributed by atoms with Gasteiger partial charge in [0.25, 0.3) is 0 Å². The van der Waals surface area contributed by atoms with E-state index in [4.69, 9.17) is 11.5 Å². The quantitative estimate of drug-likeness (QED) is 0.669. The maximum absolute atomic E-state index is 11.1. The van der Waals surface area contributed by atoms with E-state index in [1.807, 2.05) is 37.3 Å². The first-order valence-corrected chi connectivity index (χ1v) is 7.34. The molecule has 0 bridgehead atoms. The van der Waals surface area contributed by atoms with Crippen LogP contribution in [0.2, 0.25) is 0 Å². The normalized spacial score (nSPS) is 10.5. The van der Waals surface area contributed by atoms with Crippen molar-refractivity contribution in [3.8, 4) is 0 Å². The monoisotopic (exact) mass is 286 g/mol. The summed E-state index contributed by atoms with van der Waals surface area (Å²) in [6.45, 7) is 4.07. The fourth-order valence-corrected chi connectivity index (χ4v) is 3.09. The predicted molar refractivity (Wildman–Crippen MR) is 84.8 cm³/mol. The molecule has 20 heavy (non-hydrogen) atoms. The number of aryl methyl sites for hydroxylation is 2. The maximum Gasteiger partial charge on any atom is 0.248 e. The standard InChI is InChI=1S/C16H18N2OS/c1-10-3-6-14(17)8-15(10)20-9-13-5-4-12(16(18)19)7-11(13)2/h3-8H,9,17H2,1-2H3,(H2,18,19). The van der Waals surface area contributed by atoms with Crippen LogP contribution in [0.3, 0.4) is 0 Å². The second-order valence-corrected chi connectivity index (χ2v) is 5.84. The second kappa shape index (κ2) is 6.01. The molecule has 0 heterocycles. The molecule has 1 amide bonds. The van der Waals surface area contributed by atoms with Crippen LogP contribution in [0.25, 0.3) is 0 Å². The Morgan fingerprint density at radius 1 is 1.10 bits per heavy atom. The van der Waals surface area contributed by atoms with Gasteiger partial charge in [-0.3, -0.25) is 4.79 Å². The minimum Gasteiger partial charge on any atom is -0.399 e. The lowest BCUT2D eigenvalue weighted by Gasteiger charge is -2.09. The Labute approximate surface area is 123 Å². The topological polar surface area (TPSA) is 69.1 Å². The molecule has 0 radical (unpaired) electrons. The fraction of sp³-hybridized carbons (Fsp3) is 0.188. The van der Waals surface area contributed by atoms with Gasteiger partial charge in [-0.2, -0.15) is 0 Å².